The number of aromatic nitrogens is 2. The van der Waals surface area contributed by atoms with Crippen LogP contribution in [0.5, 0.6) is 5.75 Å². The molecule has 0 saturated carbocycles. The van der Waals surface area contributed by atoms with E-state index < -0.39 is 0 Å². The lowest BCUT2D eigenvalue weighted by Gasteiger charge is -2.16. The summed E-state index contributed by atoms with van der Waals surface area (Å²) in [6.45, 7) is 10.3. The molecule has 0 spiro atoms. The first-order valence-corrected chi connectivity index (χ1v) is 8.13. The highest BCUT2D eigenvalue weighted by Crippen LogP contribution is 2.27. The zero-order valence-electron chi connectivity index (χ0n) is 14.6. The maximum absolute atomic E-state index is 5.83. The highest BCUT2D eigenvalue weighted by molar-refractivity contribution is 5.63. The molecule has 0 aliphatic heterocycles. The van der Waals surface area contributed by atoms with Gasteiger partial charge in [-0.3, -0.25) is 0 Å². The van der Waals surface area contributed by atoms with Crippen molar-refractivity contribution < 1.29 is 4.74 Å². The molecule has 5 nitrogen and oxygen atoms in total. The van der Waals surface area contributed by atoms with Gasteiger partial charge in [0.05, 0.1) is 11.8 Å². The molecule has 0 aliphatic rings. The summed E-state index contributed by atoms with van der Waals surface area (Å²) < 4.78 is 5.83. The number of aryl methyl sites for hydroxylation is 1. The van der Waals surface area contributed by atoms with Crippen molar-refractivity contribution in [2.24, 2.45) is 0 Å². The van der Waals surface area contributed by atoms with Gasteiger partial charge in [0.2, 0.25) is 5.95 Å². The molecule has 0 fully saturated rings. The molecule has 0 aliphatic carbocycles. The van der Waals surface area contributed by atoms with Gasteiger partial charge in [0.1, 0.15) is 11.6 Å². The molecular formula is C18H26N4O. The van der Waals surface area contributed by atoms with E-state index in [0.29, 0.717) is 12.0 Å². The highest BCUT2D eigenvalue weighted by atomic mass is 16.5. The Morgan fingerprint density at radius 3 is 2.57 bits per heavy atom. The summed E-state index contributed by atoms with van der Waals surface area (Å²) in [6, 6.07) is 10.1. The second-order valence-electron chi connectivity index (χ2n) is 5.96. The maximum Gasteiger partial charge on any atom is 0.229 e. The molecule has 1 heterocycles. The van der Waals surface area contributed by atoms with Crippen LogP contribution < -0.4 is 15.4 Å². The molecule has 0 radical (unpaired) electrons. The van der Waals surface area contributed by atoms with Crippen LogP contribution in [0.3, 0.4) is 0 Å². The molecule has 1 aromatic heterocycles. The van der Waals surface area contributed by atoms with Crippen LogP contribution >= 0.6 is 0 Å². The minimum atomic E-state index is 0.110. The standard InChI is InChI=1S/C18H26N4O/c1-6-13(4)19-17-11-14(5)20-18(22-17)21-15-9-7-8-10-16(15)23-12(2)3/h7-13H,6H2,1-5H3,(H2,19,20,21,22). The minimum absolute atomic E-state index is 0.110. The van der Waals surface area contributed by atoms with Gasteiger partial charge in [-0.1, -0.05) is 19.1 Å². The van der Waals surface area contributed by atoms with Crippen molar-refractivity contribution in [3.8, 4) is 5.75 Å². The third-order valence-electron chi connectivity index (χ3n) is 3.36. The minimum Gasteiger partial charge on any atom is -0.489 e. The Bertz CT molecular complexity index is 643. The summed E-state index contributed by atoms with van der Waals surface area (Å²) in [5.74, 6) is 2.19. The Labute approximate surface area is 138 Å². The SMILES string of the molecule is CCC(C)Nc1cc(C)nc(Nc2ccccc2OC(C)C)n1. The molecular weight excluding hydrogens is 288 g/mol. The number of nitrogens with one attached hydrogen (secondary N) is 2. The zero-order chi connectivity index (χ0) is 16.8. The first-order valence-electron chi connectivity index (χ1n) is 8.13. The Hall–Kier alpha value is -2.30. The molecule has 2 rings (SSSR count). The van der Waals surface area contributed by atoms with E-state index in [2.05, 4.69) is 34.4 Å². The average Bonchev–Trinajstić information content (AvgIpc) is 2.48. The smallest absolute Gasteiger partial charge is 0.229 e. The third kappa shape index (κ3) is 5.13. The Kier molecular flexibility index (Phi) is 5.79. The van der Waals surface area contributed by atoms with E-state index >= 15 is 0 Å². The largest absolute Gasteiger partial charge is 0.489 e. The van der Waals surface area contributed by atoms with Crippen molar-refractivity contribution in [2.75, 3.05) is 10.6 Å². The fraction of sp³-hybridized carbons (Fsp3) is 0.444. The molecule has 1 atom stereocenters. The molecule has 2 N–H and O–H groups in total. The number of nitrogens with zero attached hydrogens (tertiary/aromatic N) is 2. The maximum atomic E-state index is 5.83. The first kappa shape index (κ1) is 17.1. The molecule has 0 amide bonds. The van der Waals surface area contributed by atoms with Crippen LogP contribution in [0.4, 0.5) is 17.5 Å². The first-order chi connectivity index (χ1) is 11.0. The van der Waals surface area contributed by atoms with Gasteiger partial charge >= 0.3 is 0 Å². The Morgan fingerprint density at radius 2 is 1.87 bits per heavy atom. The van der Waals surface area contributed by atoms with Crippen LogP contribution in [0.25, 0.3) is 0 Å². The van der Waals surface area contributed by atoms with Crippen molar-refractivity contribution in [2.45, 2.75) is 53.2 Å². The Morgan fingerprint density at radius 1 is 1.13 bits per heavy atom. The van der Waals surface area contributed by atoms with Crippen LogP contribution in [0, 0.1) is 6.92 Å². The normalized spacial score (nSPS) is 12.1. The fourth-order valence-electron chi connectivity index (χ4n) is 2.10. The lowest BCUT2D eigenvalue weighted by Crippen LogP contribution is -2.15. The van der Waals surface area contributed by atoms with Gasteiger partial charge in [0.25, 0.3) is 0 Å². The molecule has 23 heavy (non-hydrogen) atoms. The van der Waals surface area contributed by atoms with E-state index in [1.165, 1.54) is 0 Å². The fourth-order valence-corrected chi connectivity index (χ4v) is 2.10. The van der Waals surface area contributed by atoms with E-state index in [4.69, 9.17) is 4.74 Å². The number of hydrogen-bond acceptors (Lipinski definition) is 5. The summed E-state index contributed by atoms with van der Waals surface area (Å²) in [5.41, 5.74) is 1.77. The Balaban J connectivity index is 2.23. The van der Waals surface area contributed by atoms with Gasteiger partial charge in [-0.05, 0) is 46.2 Å². The number of hydrogen-bond donors (Lipinski definition) is 2. The van der Waals surface area contributed by atoms with Crippen LogP contribution in [-0.4, -0.2) is 22.1 Å². The van der Waals surface area contributed by atoms with E-state index in [1.807, 2.05) is 51.1 Å². The summed E-state index contributed by atoms with van der Waals surface area (Å²) in [6.07, 6.45) is 1.15. The zero-order valence-corrected chi connectivity index (χ0v) is 14.6. The number of ether oxygens (including phenoxy) is 1. The summed E-state index contributed by atoms with van der Waals surface area (Å²) >= 11 is 0. The van der Waals surface area contributed by atoms with Crippen LogP contribution in [0.2, 0.25) is 0 Å². The quantitative estimate of drug-likeness (QED) is 0.786. The lowest BCUT2D eigenvalue weighted by molar-refractivity contribution is 0.244. The lowest BCUT2D eigenvalue weighted by atomic mass is 10.2. The molecule has 1 unspecified atom stereocenters. The molecule has 1 aromatic carbocycles. The number of benzene rings is 1. The predicted octanol–water partition coefficient (Wildman–Crippen LogP) is 4.53. The predicted molar refractivity (Wildman–Crippen MR) is 95.6 cm³/mol. The van der Waals surface area contributed by atoms with Gasteiger partial charge < -0.3 is 15.4 Å². The number of anilines is 3. The van der Waals surface area contributed by atoms with E-state index in [0.717, 1.165) is 29.4 Å². The third-order valence-corrected chi connectivity index (χ3v) is 3.36. The van der Waals surface area contributed by atoms with Crippen molar-refractivity contribution >= 4 is 17.5 Å². The average molecular weight is 314 g/mol. The summed E-state index contributed by atoms with van der Waals surface area (Å²) in [7, 11) is 0. The second kappa shape index (κ2) is 7.81. The molecule has 5 heteroatoms. The van der Waals surface area contributed by atoms with Gasteiger partial charge in [-0.15, -0.1) is 0 Å². The van der Waals surface area contributed by atoms with Crippen molar-refractivity contribution in [1.82, 2.24) is 9.97 Å². The molecule has 2 aromatic rings. The van der Waals surface area contributed by atoms with Crippen molar-refractivity contribution in [1.29, 1.82) is 0 Å². The highest BCUT2D eigenvalue weighted by Gasteiger charge is 2.09. The van der Waals surface area contributed by atoms with Crippen LogP contribution in [0.15, 0.2) is 30.3 Å². The number of para-hydroxylation sites is 2. The summed E-state index contributed by atoms with van der Waals surface area (Å²) in [4.78, 5) is 9.01. The molecule has 0 bridgehead atoms. The van der Waals surface area contributed by atoms with Gasteiger partial charge in [-0.25, -0.2) is 4.98 Å². The van der Waals surface area contributed by atoms with Crippen molar-refractivity contribution in [3.05, 3.63) is 36.0 Å². The summed E-state index contributed by atoms with van der Waals surface area (Å²) in [5, 5.41) is 6.65. The number of rotatable bonds is 7. The monoisotopic (exact) mass is 314 g/mol. The van der Waals surface area contributed by atoms with E-state index in [1.54, 1.807) is 0 Å². The van der Waals surface area contributed by atoms with E-state index in [9.17, 15) is 0 Å². The topological polar surface area (TPSA) is 59.1 Å². The van der Waals surface area contributed by atoms with Crippen LogP contribution in [0.1, 0.15) is 39.8 Å². The molecule has 0 saturated heterocycles. The van der Waals surface area contributed by atoms with Gasteiger partial charge in [-0.2, -0.15) is 4.98 Å². The second-order valence-corrected chi connectivity index (χ2v) is 5.96. The van der Waals surface area contributed by atoms with Crippen molar-refractivity contribution in [3.63, 3.8) is 0 Å². The van der Waals surface area contributed by atoms with E-state index in [-0.39, 0.29) is 6.10 Å². The van der Waals surface area contributed by atoms with Crippen LogP contribution in [-0.2, 0) is 0 Å². The van der Waals surface area contributed by atoms with Gasteiger partial charge in [0, 0.05) is 17.8 Å². The molecule has 124 valence electrons. The van der Waals surface area contributed by atoms with Gasteiger partial charge in [0.15, 0.2) is 0 Å².